The van der Waals surface area contributed by atoms with Gasteiger partial charge in [-0.1, -0.05) is 0 Å². The molecule has 0 radical (unpaired) electrons. The summed E-state index contributed by atoms with van der Waals surface area (Å²) in [4.78, 5) is 46.5. The van der Waals surface area contributed by atoms with Crippen molar-refractivity contribution in [2.45, 2.75) is 69.9 Å². The molecule has 0 atom stereocenters. The van der Waals surface area contributed by atoms with Crippen molar-refractivity contribution < 1.29 is 45.4 Å². The third-order valence-corrected chi connectivity index (χ3v) is 8.89. The number of halogens is 6. The van der Waals surface area contributed by atoms with Crippen LogP contribution in [0.15, 0.2) is 41.3 Å². The highest BCUT2D eigenvalue weighted by Crippen LogP contribution is 2.40. The minimum absolute atomic E-state index is 0.00991. The molecule has 0 bridgehead atoms. The first-order valence-corrected chi connectivity index (χ1v) is 15.6. The van der Waals surface area contributed by atoms with E-state index < -0.39 is 52.6 Å². The maximum atomic E-state index is 13.7. The van der Waals surface area contributed by atoms with Gasteiger partial charge in [0, 0.05) is 39.9 Å². The Hall–Kier alpha value is -4.30. The Balaban J connectivity index is 1.31. The predicted octanol–water partition coefficient (Wildman–Crippen LogP) is 6.80. The molecule has 0 unspecified atom stereocenters. The van der Waals surface area contributed by atoms with E-state index in [0.29, 0.717) is 42.9 Å². The summed E-state index contributed by atoms with van der Waals surface area (Å²) in [5.41, 5.74) is -4.76. The third-order valence-electron chi connectivity index (χ3n) is 8.89. The van der Waals surface area contributed by atoms with E-state index in [1.54, 1.807) is 17.0 Å². The molecule has 2 aromatic heterocycles. The summed E-state index contributed by atoms with van der Waals surface area (Å²) in [6, 6.07) is 4.28. The van der Waals surface area contributed by atoms with Crippen LogP contribution in [0.2, 0.25) is 0 Å². The Morgan fingerprint density at radius 3 is 2.25 bits per heavy atom. The van der Waals surface area contributed by atoms with Crippen LogP contribution in [-0.2, 0) is 30.7 Å². The number of carbonyl (C=O) groups is 2. The molecule has 9 nitrogen and oxygen atoms in total. The predicted molar refractivity (Wildman–Crippen MR) is 162 cm³/mol. The summed E-state index contributed by atoms with van der Waals surface area (Å²) in [5.74, 6) is -0.691. The maximum Gasteiger partial charge on any atom is 0.416 e. The van der Waals surface area contributed by atoms with Gasteiger partial charge in [0.1, 0.15) is 22.6 Å². The molecule has 2 amide bonds. The maximum absolute atomic E-state index is 13.7. The van der Waals surface area contributed by atoms with Gasteiger partial charge >= 0.3 is 18.4 Å². The van der Waals surface area contributed by atoms with Crippen LogP contribution in [0.25, 0.3) is 11.0 Å². The SMILES string of the molecule is CN(Cc1cc(C(F)(F)F)cc(C(F)(F)F)c1)C(=O)c1c(OCCCC2CCN(C(=O)OC3(C)CC3)CC2)c2cccnc2n(C)c1=O. The second kappa shape index (κ2) is 13.3. The lowest BCUT2D eigenvalue weighted by Crippen LogP contribution is -2.40. The fourth-order valence-electron chi connectivity index (χ4n) is 5.83. The van der Waals surface area contributed by atoms with Crippen molar-refractivity contribution in [3.05, 3.63) is 69.1 Å². The number of benzene rings is 1. The zero-order valence-electron chi connectivity index (χ0n) is 26.7. The number of pyridine rings is 2. The first-order valence-electron chi connectivity index (χ1n) is 15.6. The average molecular weight is 683 g/mol. The Morgan fingerprint density at radius 1 is 1.04 bits per heavy atom. The molecule has 0 N–H and O–H groups in total. The van der Waals surface area contributed by atoms with Crippen molar-refractivity contribution in [1.82, 2.24) is 19.4 Å². The smallest absolute Gasteiger partial charge is 0.416 e. The van der Waals surface area contributed by atoms with Crippen molar-refractivity contribution in [1.29, 1.82) is 0 Å². The van der Waals surface area contributed by atoms with E-state index in [-0.39, 0.29) is 35.8 Å². The number of carbonyl (C=O) groups excluding carboxylic acids is 2. The van der Waals surface area contributed by atoms with E-state index in [0.717, 1.165) is 41.6 Å². The topological polar surface area (TPSA) is 94.0 Å². The Morgan fingerprint density at radius 2 is 1.67 bits per heavy atom. The fourth-order valence-corrected chi connectivity index (χ4v) is 5.83. The van der Waals surface area contributed by atoms with Gasteiger partial charge < -0.3 is 19.3 Å². The fraction of sp³-hybridized carbons (Fsp3) is 0.515. The lowest BCUT2D eigenvalue weighted by atomic mass is 9.92. The number of hydrogen-bond donors (Lipinski definition) is 0. The van der Waals surface area contributed by atoms with Crippen LogP contribution < -0.4 is 10.3 Å². The van der Waals surface area contributed by atoms with Gasteiger partial charge in [0.05, 0.1) is 23.1 Å². The van der Waals surface area contributed by atoms with Crippen LogP contribution in [0.5, 0.6) is 5.75 Å². The van der Waals surface area contributed by atoms with E-state index in [1.807, 2.05) is 6.92 Å². The quantitative estimate of drug-likeness (QED) is 0.182. The lowest BCUT2D eigenvalue weighted by molar-refractivity contribution is -0.143. The molecule has 1 aromatic carbocycles. The number of hydrogen-bond acceptors (Lipinski definition) is 6. The first kappa shape index (κ1) is 35.0. The van der Waals surface area contributed by atoms with Crippen LogP contribution in [-0.4, -0.2) is 63.7 Å². The van der Waals surface area contributed by atoms with Gasteiger partial charge in [0.2, 0.25) is 0 Å². The number of likely N-dealkylation sites (tertiary alicyclic amines) is 1. The molecule has 48 heavy (non-hydrogen) atoms. The monoisotopic (exact) mass is 682 g/mol. The Labute approximate surface area is 272 Å². The van der Waals surface area contributed by atoms with Crippen LogP contribution in [0.4, 0.5) is 31.1 Å². The van der Waals surface area contributed by atoms with Crippen molar-refractivity contribution >= 4 is 23.0 Å². The summed E-state index contributed by atoms with van der Waals surface area (Å²) in [7, 11) is 2.58. The van der Waals surface area contributed by atoms with E-state index in [2.05, 4.69) is 4.98 Å². The normalized spacial score (nSPS) is 16.6. The van der Waals surface area contributed by atoms with E-state index >= 15 is 0 Å². The molecule has 1 aliphatic heterocycles. The van der Waals surface area contributed by atoms with Gasteiger partial charge in [-0.15, -0.1) is 0 Å². The number of alkyl halides is 6. The van der Waals surface area contributed by atoms with Gasteiger partial charge in [0.15, 0.2) is 0 Å². The number of rotatable bonds is 9. The molecule has 1 saturated carbocycles. The van der Waals surface area contributed by atoms with Crippen LogP contribution in [0.3, 0.4) is 0 Å². The number of piperidine rings is 1. The standard InChI is InChI=1S/C33H36F6N4O5/c1-31(10-11-31)48-30(46)43-13-8-20(9-14-43)6-5-15-47-26-24-7-4-12-40-27(24)42(3)29(45)25(26)28(44)41(2)19-21-16-22(32(34,35)36)18-23(17-21)33(37,38)39/h4,7,12,16-18,20H,5-6,8-11,13-15,19H2,1-3H3. The van der Waals surface area contributed by atoms with Gasteiger partial charge in [-0.05, 0) is 87.3 Å². The van der Waals surface area contributed by atoms with Crippen molar-refractivity contribution in [2.75, 3.05) is 26.7 Å². The van der Waals surface area contributed by atoms with Crippen molar-refractivity contribution in [3.63, 3.8) is 0 Å². The van der Waals surface area contributed by atoms with Crippen molar-refractivity contribution in [2.24, 2.45) is 13.0 Å². The molecular weight excluding hydrogens is 646 g/mol. The minimum Gasteiger partial charge on any atom is -0.492 e. The second-order valence-corrected chi connectivity index (χ2v) is 12.8. The molecule has 3 heterocycles. The highest BCUT2D eigenvalue weighted by molar-refractivity contribution is 6.01. The van der Waals surface area contributed by atoms with Gasteiger partial charge in [0.25, 0.3) is 11.5 Å². The molecular formula is C33H36F6N4O5. The summed E-state index contributed by atoms with van der Waals surface area (Å²) in [5, 5.41) is 0.339. The van der Waals surface area contributed by atoms with Gasteiger partial charge in [-0.3, -0.25) is 14.2 Å². The van der Waals surface area contributed by atoms with Gasteiger partial charge in [-0.25, -0.2) is 9.78 Å². The Bertz CT molecular complexity index is 1710. The van der Waals surface area contributed by atoms with Crippen LogP contribution in [0, 0.1) is 5.92 Å². The average Bonchev–Trinajstić information content (AvgIpc) is 3.76. The van der Waals surface area contributed by atoms with E-state index in [4.69, 9.17) is 9.47 Å². The molecule has 5 rings (SSSR count). The number of amides is 2. The van der Waals surface area contributed by atoms with Crippen LogP contribution >= 0.6 is 0 Å². The zero-order chi connectivity index (χ0) is 35.0. The lowest BCUT2D eigenvalue weighted by Gasteiger charge is -2.32. The highest BCUT2D eigenvalue weighted by atomic mass is 19.4. The summed E-state index contributed by atoms with van der Waals surface area (Å²) in [6.07, 6.45) is -4.34. The van der Waals surface area contributed by atoms with Crippen molar-refractivity contribution in [3.8, 4) is 5.75 Å². The molecule has 2 fully saturated rings. The summed E-state index contributed by atoms with van der Waals surface area (Å²) < 4.78 is 93.3. The molecule has 2 aliphatic rings. The Kier molecular flexibility index (Phi) is 9.71. The van der Waals surface area contributed by atoms with E-state index in [9.17, 15) is 40.7 Å². The first-order chi connectivity index (χ1) is 22.5. The number of aromatic nitrogens is 2. The largest absolute Gasteiger partial charge is 0.492 e. The molecule has 15 heteroatoms. The molecule has 0 spiro atoms. The number of fused-ring (bicyclic) bond motifs is 1. The minimum atomic E-state index is -5.06. The number of ether oxygens (including phenoxy) is 2. The van der Waals surface area contributed by atoms with Gasteiger partial charge in [-0.2, -0.15) is 26.3 Å². The number of aryl methyl sites for hydroxylation is 1. The molecule has 1 aliphatic carbocycles. The number of nitrogens with zero attached hydrogens (tertiary/aromatic N) is 4. The summed E-state index contributed by atoms with van der Waals surface area (Å²) in [6.45, 7) is 2.54. The summed E-state index contributed by atoms with van der Waals surface area (Å²) >= 11 is 0. The molecule has 1 saturated heterocycles. The van der Waals surface area contributed by atoms with Crippen LogP contribution in [0.1, 0.15) is 72.5 Å². The second-order valence-electron chi connectivity index (χ2n) is 12.8. The highest BCUT2D eigenvalue weighted by Gasteiger charge is 2.43. The third kappa shape index (κ3) is 7.87. The molecule has 3 aromatic rings. The zero-order valence-corrected chi connectivity index (χ0v) is 26.7. The van der Waals surface area contributed by atoms with E-state index in [1.165, 1.54) is 20.3 Å². The molecule has 260 valence electrons.